The summed E-state index contributed by atoms with van der Waals surface area (Å²) in [5.74, 6) is -2.33. The number of hydrogen-bond donors (Lipinski definition) is 2. The summed E-state index contributed by atoms with van der Waals surface area (Å²) in [5, 5.41) is 10.2. The lowest BCUT2D eigenvalue weighted by Gasteiger charge is -2.41. The minimum absolute atomic E-state index is 0.140. The molecule has 2 nitrogen and oxygen atoms in total. The van der Waals surface area contributed by atoms with E-state index < -0.39 is 17.1 Å². The summed E-state index contributed by atoms with van der Waals surface area (Å²) in [6.45, 7) is 1.96. The van der Waals surface area contributed by atoms with Crippen LogP contribution in [0.1, 0.15) is 39.0 Å². The van der Waals surface area contributed by atoms with Crippen molar-refractivity contribution < 1.29 is 13.9 Å². The van der Waals surface area contributed by atoms with Crippen molar-refractivity contribution in [3.63, 3.8) is 0 Å². The van der Waals surface area contributed by atoms with Gasteiger partial charge in [-0.15, -0.1) is 0 Å². The quantitative estimate of drug-likeness (QED) is 0.684. The first kappa shape index (κ1) is 10.3. The van der Waals surface area contributed by atoms with Crippen LogP contribution in [-0.2, 0) is 0 Å². The van der Waals surface area contributed by atoms with Crippen molar-refractivity contribution in [3.8, 4) is 0 Å². The molecule has 0 aromatic heterocycles. The molecule has 2 saturated carbocycles. The van der Waals surface area contributed by atoms with Gasteiger partial charge in [0.25, 0.3) is 0 Å². The number of aliphatic hydroxyl groups is 1. The summed E-state index contributed by atoms with van der Waals surface area (Å²) >= 11 is 0. The van der Waals surface area contributed by atoms with Crippen LogP contribution < -0.4 is 5.73 Å². The van der Waals surface area contributed by atoms with Crippen molar-refractivity contribution in [1.29, 1.82) is 0 Å². The van der Waals surface area contributed by atoms with Gasteiger partial charge in [0.1, 0.15) is 0 Å². The first-order chi connectivity index (χ1) is 6.29. The van der Waals surface area contributed by atoms with Gasteiger partial charge in [-0.05, 0) is 25.2 Å². The van der Waals surface area contributed by atoms with Crippen molar-refractivity contribution in [2.45, 2.75) is 56.1 Å². The monoisotopic (exact) mass is 205 g/mol. The normalized spacial score (nSPS) is 44.8. The van der Waals surface area contributed by atoms with Gasteiger partial charge < -0.3 is 10.8 Å². The van der Waals surface area contributed by atoms with E-state index in [1.807, 2.05) is 6.92 Å². The second kappa shape index (κ2) is 2.67. The smallest absolute Gasteiger partial charge is 0.248 e. The first-order valence-corrected chi connectivity index (χ1v) is 5.18. The van der Waals surface area contributed by atoms with E-state index in [9.17, 15) is 13.9 Å². The minimum Gasteiger partial charge on any atom is -0.388 e. The van der Waals surface area contributed by atoms with Crippen molar-refractivity contribution in [1.82, 2.24) is 0 Å². The molecule has 0 bridgehead atoms. The van der Waals surface area contributed by atoms with Gasteiger partial charge in [-0.25, -0.2) is 8.78 Å². The zero-order chi connectivity index (χ0) is 10.6. The molecule has 3 N–H and O–H groups in total. The highest BCUT2D eigenvalue weighted by Gasteiger charge is 2.63. The molecule has 0 amide bonds. The second-order valence-electron chi connectivity index (χ2n) is 5.03. The average molecular weight is 205 g/mol. The Labute approximate surface area is 82.5 Å². The molecule has 0 aromatic rings. The fourth-order valence-electron chi connectivity index (χ4n) is 2.59. The van der Waals surface area contributed by atoms with Crippen LogP contribution in [0.4, 0.5) is 8.78 Å². The third-order valence-corrected chi connectivity index (χ3v) is 4.04. The Hall–Kier alpha value is -0.220. The molecule has 2 aliphatic rings. The predicted octanol–water partition coefficient (Wildman–Crippen LogP) is 1.66. The van der Waals surface area contributed by atoms with Gasteiger partial charge in [-0.2, -0.15) is 0 Å². The van der Waals surface area contributed by atoms with Gasteiger partial charge >= 0.3 is 0 Å². The molecule has 2 fully saturated rings. The highest BCUT2D eigenvalue weighted by atomic mass is 19.3. The van der Waals surface area contributed by atoms with E-state index in [-0.39, 0.29) is 31.6 Å². The van der Waals surface area contributed by atoms with E-state index in [4.69, 9.17) is 5.73 Å². The molecule has 0 saturated heterocycles. The van der Waals surface area contributed by atoms with Crippen LogP contribution in [0.2, 0.25) is 0 Å². The molecule has 2 unspecified atom stereocenters. The summed E-state index contributed by atoms with van der Waals surface area (Å²) in [7, 11) is 0. The topological polar surface area (TPSA) is 46.2 Å². The van der Waals surface area contributed by atoms with E-state index in [2.05, 4.69) is 0 Å². The van der Waals surface area contributed by atoms with E-state index >= 15 is 0 Å². The van der Waals surface area contributed by atoms with Gasteiger partial charge in [0.2, 0.25) is 5.92 Å². The number of halogens is 2. The lowest BCUT2D eigenvalue weighted by molar-refractivity contribution is -0.118. The summed E-state index contributed by atoms with van der Waals surface area (Å²) < 4.78 is 25.8. The van der Waals surface area contributed by atoms with Crippen molar-refractivity contribution in [3.05, 3.63) is 0 Å². The van der Waals surface area contributed by atoms with E-state index in [1.165, 1.54) is 0 Å². The molecule has 0 spiro atoms. The number of rotatable bonds is 1. The predicted molar refractivity (Wildman–Crippen MR) is 49.1 cm³/mol. The Kier molecular flexibility index (Phi) is 1.96. The molecule has 82 valence electrons. The Morgan fingerprint density at radius 2 is 1.64 bits per heavy atom. The zero-order valence-electron chi connectivity index (χ0n) is 8.39. The number of nitrogens with two attached hydrogens (primary N) is 1. The molecule has 0 aromatic carbocycles. The number of alkyl halides is 2. The largest absolute Gasteiger partial charge is 0.388 e. The maximum atomic E-state index is 12.9. The highest BCUT2D eigenvalue weighted by Crippen LogP contribution is 2.55. The molecule has 0 heterocycles. The Balaban J connectivity index is 2.06. The average Bonchev–Trinajstić information content (AvgIpc) is 2.69. The first-order valence-electron chi connectivity index (χ1n) is 5.18. The van der Waals surface area contributed by atoms with E-state index in [0.29, 0.717) is 0 Å². The Bertz CT molecular complexity index is 247. The maximum Gasteiger partial charge on any atom is 0.248 e. The van der Waals surface area contributed by atoms with Crippen LogP contribution >= 0.6 is 0 Å². The van der Waals surface area contributed by atoms with Crippen molar-refractivity contribution in [2.24, 2.45) is 11.7 Å². The SMILES string of the molecule is CC1CC1(N)C1(O)CCC(F)(F)CC1. The van der Waals surface area contributed by atoms with Crippen LogP contribution in [0.25, 0.3) is 0 Å². The van der Waals surface area contributed by atoms with Crippen molar-refractivity contribution in [2.75, 3.05) is 0 Å². The molecule has 2 aliphatic carbocycles. The van der Waals surface area contributed by atoms with Gasteiger partial charge in [-0.1, -0.05) is 6.92 Å². The van der Waals surface area contributed by atoms with Crippen molar-refractivity contribution >= 4 is 0 Å². The third-order valence-electron chi connectivity index (χ3n) is 4.04. The lowest BCUT2D eigenvalue weighted by Crippen LogP contribution is -2.55. The molecule has 0 radical (unpaired) electrons. The summed E-state index contributed by atoms with van der Waals surface area (Å²) in [5.41, 5.74) is 4.35. The second-order valence-corrected chi connectivity index (χ2v) is 5.03. The molecule has 0 aliphatic heterocycles. The standard InChI is InChI=1S/C10H17F2NO/c1-7-6-10(7,13)8(14)2-4-9(11,12)5-3-8/h7,14H,2-6,13H2,1H3. The van der Waals surface area contributed by atoms with Crippen LogP contribution in [0.5, 0.6) is 0 Å². The van der Waals surface area contributed by atoms with Gasteiger partial charge in [0, 0.05) is 18.4 Å². The fraction of sp³-hybridized carbons (Fsp3) is 1.00. The minimum atomic E-state index is -2.60. The van der Waals surface area contributed by atoms with Crippen LogP contribution in [0, 0.1) is 5.92 Å². The Morgan fingerprint density at radius 3 is 2.00 bits per heavy atom. The van der Waals surface area contributed by atoms with Gasteiger partial charge in [0.15, 0.2) is 0 Å². The summed E-state index contributed by atoms with van der Waals surface area (Å²) in [4.78, 5) is 0. The van der Waals surface area contributed by atoms with Crippen LogP contribution in [0.3, 0.4) is 0 Å². The highest BCUT2D eigenvalue weighted by molar-refractivity contribution is 5.19. The van der Waals surface area contributed by atoms with Gasteiger partial charge in [-0.3, -0.25) is 0 Å². The Morgan fingerprint density at radius 1 is 1.21 bits per heavy atom. The molecule has 4 heteroatoms. The molecule has 14 heavy (non-hydrogen) atoms. The molecular formula is C10H17F2NO. The van der Waals surface area contributed by atoms with E-state index in [0.717, 1.165) is 6.42 Å². The van der Waals surface area contributed by atoms with Crippen LogP contribution in [0.15, 0.2) is 0 Å². The summed E-state index contributed by atoms with van der Waals surface area (Å²) in [6.07, 6.45) is 0.584. The van der Waals surface area contributed by atoms with Crippen LogP contribution in [-0.4, -0.2) is 22.2 Å². The fourth-order valence-corrected chi connectivity index (χ4v) is 2.59. The zero-order valence-corrected chi connectivity index (χ0v) is 8.39. The molecular weight excluding hydrogens is 188 g/mol. The number of hydrogen-bond acceptors (Lipinski definition) is 2. The van der Waals surface area contributed by atoms with Gasteiger partial charge in [0.05, 0.1) is 5.60 Å². The maximum absolute atomic E-state index is 12.9. The third kappa shape index (κ3) is 1.36. The molecule has 2 atom stereocenters. The summed E-state index contributed by atoms with van der Waals surface area (Å²) in [6, 6.07) is 0. The van der Waals surface area contributed by atoms with E-state index in [1.54, 1.807) is 0 Å². The lowest BCUT2D eigenvalue weighted by atomic mass is 9.76. The molecule has 2 rings (SSSR count).